The Bertz CT molecular complexity index is 3480. The Balaban J connectivity index is 0.949. The van der Waals surface area contributed by atoms with Crippen LogP contribution in [-0.2, 0) is 5.41 Å². The third kappa shape index (κ3) is 4.54. The fourth-order valence-electron chi connectivity index (χ4n) is 10.5. The predicted octanol–water partition coefficient (Wildman–Crippen LogP) is 13.3. The molecule has 0 amide bonds. The zero-order chi connectivity index (χ0) is 39.4. The Labute approximate surface area is 347 Å². The molecule has 0 fully saturated rings. The summed E-state index contributed by atoms with van der Waals surface area (Å²) in [6.07, 6.45) is 2.21. The van der Waals surface area contributed by atoms with E-state index in [1.54, 1.807) is 0 Å². The summed E-state index contributed by atoms with van der Waals surface area (Å²) in [7, 11) is 0. The smallest absolute Gasteiger partial charge is 0.236 e. The van der Waals surface area contributed by atoms with Crippen LogP contribution in [0, 0.1) is 0 Å². The Hall–Kier alpha value is -7.88. The summed E-state index contributed by atoms with van der Waals surface area (Å²) in [5.41, 5.74) is 19.0. The third-order valence-corrected chi connectivity index (χ3v) is 13.1. The van der Waals surface area contributed by atoms with E-state index in [-0.39, 0.29) is 0 Å². The molecule has 278 valence electrons. The van der Waals surface area contributed by atoms with Crippen molar-refractivity contribution in [3.8, 4) is 56.0 Å². The molecule has 2 heterocycles. The van der Waals surface area contributed by atoms with Gasteiger partial charge in [-0.15, -0.1) is 4.68 Å². The van der Waals surface area contributed by atoms with E-state index in [0.29, 0.717) is 0 Å². The van der Waals surface area contributed by atoms with Crippen LogP contribution in [-0.4, -0.2) is 9.67 Å². The summed E-state index contributed by atoms with van der Waals surface area (Å²) in [6, 6.07) is 77.6. The number of para-hydroxylation sites is 3. The van der Waals surface area contributed by atoms with Crippen molar-refractivity contribution in [3.05, 3.63) is 241 Å². The first-order chi connectivity index (χ1) is 29.8. The second kappa shape index (κ2) is 12.6. The normalized spacial score (nSPS) is 13.1. The van der Waals surface area contributed by atoms with E-state index in [0.717, 1.165) is 33.7 Å². The van der Waals surface area contributed by atoms with Crippen molar-refractivity contribution in [1.29, 1.82) is 0 Å². The van der Waals surface area contributed by atoms with Gasteiger partial charge in [0, 0.05) is 28.5 Å². The Morgan fingerprint density at radius 2 is 0.950 bits per heavy atom. The number of fused-ring (bicyclic) bond motifs is 14. The van der Waals surface area contributed by atoms with Gasteiger partial charge in [0.05, 0.1) is 22.0 Å². The maximum absolute atomic E-state index is 5.41. The molecule has 2 aliphatic rings. The molecular weight excluding hydrogens is 727 g/mol. The summed E-state index contributed by atoms with van der Waals surface area (Å²) >= 11 is 0. The largest absolute Gasteiger partial charge is 0.247 e. The molecule has 0 unspecified atom stereocenters. The lowest BCUT2D eigenvalue weighted by Crippen LogP contribution is -2.39. The van der Waals surface area contributed by atoms with Gasteiger partial charge in [0.25, 0.3) is 0 Å². The molecule has 0 N–H and O–H groups in total. The standard InChI is InChI=1S/C57H36N3/c1-2-15-41(16-3-1)59-36-40-14-4-13-25-55(40)60(59)42-32-30-38(31-33-42)37-26-28-39(29-27-37)56-49-34-48-45-19-7-11-23-52(45)57(53(48)35-47(49)46-20-8-12-24-54(46)58-56)50-21-9-5-17-43(50)44-18-6-10-22-51(44)57/h1-36H/q+1. The van der Waals surface area contributed by atoms with Crippen LogP contribution >= 0.6 is 0 Å². The van der Waals surface area contributed by atoms with Crippen molar-refractivity contribution in [2.75, 3.05) is 0 Å². The van der Waals surface area contributed by atoms with Gasteiger partial charge in [0.15, 0.2) is 0 Å². The predicted molar refractivity (Wildman–Crippen MR) is 245 cm³/mol. The average Bonchev–Trinajstić information content (AvgIpc) is 3.96. The molecule has 11 aromatic rings. The van der Waals surface area contributed by atoms with Gasteiger partial charge in [0.2, 0.25) is 11.9 Å². The number of pyridine rings is 1. The van der Waals surface area contributed by atoms with E-state index >= 15 is 0 Å². The van der Waals surface area contributed by atoms with Crippen molar-refractivity contribution >= 4 is 32.6 Å². The maximum Gasteiger partial charge on any atom is 0.236 e. The summed E-state index contributed by atoms with van der Waals surface area (Å²) in [5, 5.41) is 4.76. The Morgan fingerprint density at radius 1 is 0.400 bits per heavy atom. The third-order valence-electron chi connectivity index (χ3n) is 13.1. The van der Waals surface area contributed by atoms with Crippen LogP contribution < -0.4 is 4.68 Å². The van der Waals surface area contributed by atoms with Crippen LogP contribution in [0.2, 0.25) is 0 Å². The first-order valence-corrected chi connectivity index (χ1v) is 20.7. The molecule has 3 nitrogen and oxygen atoms in total. The molecule has 0 atom stereocenters. The minimum absolute atomic E-state index is 0.398. The van der Waals surface area contributed by atoms with Gasteiger partial charge in [0.1, 0.15) is 11.2 Å². The molecule has 0 saturated carbocycles. The molecule has 2 aliphatic carbocycles. The van der Waals surface area contributed by atoms with E-state index in [2.05, 4.69) is 228 Å². The van der Waals surface area contributed by atoms with Gasteiger partial charge < -0.3 is 0 Å². The van der Waals surface area contributed by atoms with Gasteiger partial charge in [-0.2, -0.15) is 0 Å². The highest BCUT2D eigenvalue weighted by molar-refractivity contribution is 6.14. The van der Waals surface area contributed by atoms with Crippen molar-refractivity contribution in [2.45, 2.75) is 5.41 Å². The zero-order valence-electron chi connectivity index (χ0n) is 32.6. The molecule has 9 aromatic carbocycles. The lowest BCUT2D eigenvalue weighted by atomic mass is 9.70. The van der Waals surface area contributed by atoms with Crippen LogP contribution in [0.15, 0.2) is 219 Å². The maximum atomic E-state index is 5.41. The number of benzene rings is 9. The summed E-state index contributed by atoms with van der Waals surface area (Å²) < 4.78 is 4.52. The second-order valence-corrected chi connectivity index (χ2v) is 16.1. The lowest BCUT2D eigenvalue weighted by molar-refractivity contribution is -0.672. The van der Waals surface area contributed by atoms with E-state index in [1.165, 1.54) is 77.2 Å². The number of rotatable bonds is 4. The highest BCUT2D eigenvalue weighted by Crippen LogP contribution is 2.63. The highest BCUT2D eigenvalue weighted by Gasteiger charge is 2.51. The monoisotopic (exact) mass is 762 g/mol. The molecule has 3 heteroatoms. The minimum atomic E-state index is -0.398. The summed E-state index contributed by atoms with van der Waals surface area (Å²) in [5.74, 6) is 0. The number of aromatic nitrogens is 3. The van der Waals surface area contributed by atoms with Crippen LogP contribution in [0.5, 0.6) is 0 Å². The minimum Gasteiger partial charge on any atom is -0.247 e. The molecule has 1 spiro atoms. The van der Waals surface area contributed by atoms with Crippen LogP contribution in [0.25, 0.3) is 88.6 Å². The Kier molecular flexibility index (Phi) is 6.93. The summed E-state index contributed by atoms with van der Waals surface area (Å²) in [4.78, 5) is 5.41. The van der Waals surface area contributed by atoms with Crippen LogP contribution in [0.1, 0.15) is 22.3 Å². The molecular formula is C57H36N3+. The SMILES string of the molecule is c1ccc(-[n+]2cc3ccccc3n2-c2ccc(-c3ccc(-c4nc5ccccc5c5cc6c(cc45)-c4ccccc4C64c5ccccc5-c5ccccc54)cc3)cc2)cc1. The van der Waals surface area contributed by atoms with Gasteiger partial charge >= 0.3 is 0 Å². The van der Waals surface area contributed by atoms with E-state index in [4.69, 9.17) is 4.98 Å². The quantitative estimate of drug-likeness (QED) is 0.129. The van der Waals surface area contributed by atoms with Crippen molar-refractivity contribution in [2.24, 2.45) is 0 Å². The topological polar surface area (TPSA) is 21.7 Å². The number of hydrogen-bond donors (Lipinski definition) is 0. The molecule has 0 aliphatic heterocycles. The van der Waals surface area contributed by atoms with Gasteiger partial charge in [-0.05, 0) is 103 Å². The molecule has 13 rings (SSSR count). The van der Waals surface area contributed by atoms with E-state index < -0.39 is 5.41 Å². The van der Waals surface area contributed by atoms with Crippen LogP contribution in [0.4, 0.5) is 0 Å². The van der Waals surface area contributed by atoms with E-state index in [9.17, 15) is 0 Å². The second-order valence-electron chi connectivity index (χ2n) is 16.1. The molecule has 60 heavy (non-hydrogen) atoms. The van der Waals surface area contributed by atoms with Gasteiger partial charge in [-0.25, -0.2) is 4.98 Å². The molecule has 0 radical (unpaired) electrons. The van der Waals surface area contributed by atoms with Crippen molar-refractivity contribution < 1.29 is 4.68 Å². The molecule has 0 saturated heterocycles. The van der Waals surface area contributed by atoms with E-state index in [1.807, 2.05) is 0 Å². The molecule has 2 aromatic heterocycles. The average molecular weight is 763 g/mol. The van der Waals surface area contributed by atoms with Crippen molar-refractivity contribution in [1.82, 2.24) is 9.67 Å². The number of hydrogen-bond acceptors (Lipinski definition) is 1. The first kappa shape index (κ1) is 33.1. The molecule has 0 bridgehead atoms. The lowest BCUT2D eigenvalue weighted by Gasteiger charge is -2.30. The fourth-order valence-corrected chi connectivity index (χ4v) is 10.5. The fraction of sp³-hybridized carbons (Fsp3) is 0.0175. The zero-order valence-corrected chi connectivity index (χ0v) is 32.6. The van der Waals surface area contributed by atoms with Gasteiger partial charge in [-0.3, -0.25) is 0 Å². The highest BCUT2D eigenvalue weighted by atomic mass is 15.4. The Morgan fingerprint density at radius 3 is 1.65 bits per heavy atom. The first-order valence-electron chi connectivity index (χ1n) is 20.7. The van der Waals surface area contributed by atoms with Gasteiger partial charge in [-0.1, -0.05) is 162 Å². The van der Waals surface area contributed by atoms with Crippen molar-refractivity contribution in [3.63, 3.8) is 0 Å². The van der Waals surface area contributed by atoms with Crippen LogP contribution in [0.3, 0.4) is 0 Å². The summed E-state index contributed by atoms with van der Waals surface area (Å²) in [6.45, 7) is 0. The number of nitrogens with zero attached hydrogens (tertiary/aromatic N) is 3.